The van der Waals surface area contributed by atoms with Crippen molar-refractivity contribution >= 4 is 89.4 Å². The largest absolute Gasteiger partial charge is 0.304 e. The molecule has 27 nitrogen and oxygen atoms in total. The maximum Gasteiger partial charge on any atom is 0.250 e. The highest BCUT2D eigenvalue weighted by Crippen LogP contribution is 2.17. The van der Waals surface area contributed by atoms with Gasteiger partial charge in [-0.1, -0.05) is 72.8 Å². The number of nitrogens with zero attached hydrogens (tertiary/aromatic N) is 27. The number of rotatable bonds is 0. The van der Waals surface area contributed by atoms with Crippen LogP contribution in [0.15, 0.2) is 361 Å². The Labute approximate surface area is 586 Å². The summed E-state index contributed by atoms with van der Waals surface area (Å²) in [6.45, 7) is 0. The summed E-state index contributed by atoms with van der Waals surface area (Å²) in [5.74, 6) is 2.16. The van der Waals surface area contributed by atoms with E-state index in [0.717, 1.165) is 73.4 Å². The van der Waals surface area contributed by atoms with Crippen LogP contribution in [0.5, 0.6) is 0 Å². The second-order valence-corrected chi connectivity index (χ2v) is 21.0. The van der Waals surface area contributed by atoms with Gasteiger partial charge in [0.2, 0.25) is 5.78 Å². The monoisotopic (exact) mass is 1350 g/mol. The molecule has 1 aliphatic rings. The molecule has 0 amide bonds. The fourth-order valence-electron chi connectivity index (χ4n) is 9.34. The van der Waals surface area contributed by atoms with Crippen LogP contribution in [-0.4, -0.2) is 133 Å². The Bertz CT molecular complexity index is 4810. The second-order valence-electron chi connectivity index (χ2n) is 21.0. The van der Waals surface area contributed by atoms with Gasteiger partial charge in [0.05, 0.1) is 53.2 Å². The fraction of sp³-hybridized carbons (Fsp3) is 0.0132. The Hall–Kier alpha value is -15.2. The normalized spacial score (nSPS) is 10.4. The number of para-hydroxylation sites is 2. The van der Waals surface area contributed by atoms with E-state index in [4.69, 9.17) is 0 Å². The van der Waals surface area contributed by atoms with Gasteiger partial charge >= 0.3 is 0 Å². The van der Waals surface area contributed by atoms with Crippen molar-refractivity contribution in [2.75, 3.05) is 0 Å². The van der Waals surface area contributed by atoms with Crippen LogP contribution in [0, 0.1) is 0 Å². The predicted molar refractivity (Wildman–Crippen MR) is 394 cm³/mol. The number of pyridine rings is 5. The molecule has 0 unspecified atom stereocenters. The first-order valence-electron chi connectivity index (χ1n) is 31.8. The number of fused-ring (bicyclic) bond motifs is 11. The van der Waals surface area contributed by atoms with E-state index >= 15 is 0 Å². The SMILES string of the molecule is C1=Nc2nccnc2C1.c1cc2cnccc2cn1.c1cc2nccn2cn1.c1cc2nccnn2c1.c1ccc2cnccc2c1.c1ccc2ncccc2c1.c1ccc2ncncc2c1.c1ccn2nccc2c1.c1cn2ccnc2cn1.c1cnc2nccn2c1.c1cnn2ccnc2n1. The Balaban J connectivity index is 0.000000107. The molecule has 0 atom stereocenters. The molecule has 18 aromatic heterocycles. The standard InChI is InChI=1S/2C9H7N.2C8H6N2.C7H6N2.5C6H5N3.C5H4N4/c1-2-6-9-8(4-1)5-3-7-10-9;1-2-4-9-7-10-6-5-8(9)3-1;1-3-9-6-8-2-4-10-5-7(1)8;1-2-4-8-7(3-1)5-9-6-10-8;1-2-6-9-7(3-1)4-5-8-9;1-3-9-4-2-8-6(9)5-7-1;1-2-7-5-9-4-3-8-6(1)9;1-2-8-6-5(1)7-3-4-9-6;1-2-6-7-3-4-8-9(6)5-1;1-2-7-6-8-3-5-9(6)4-1;1-2-8-9-4-3-7-5(9)6-1/h2*1-7H;2*1-6H;1-6H;2*1-5H;2-4H,1H2;2*1-5H;1-4H. The van der Waals surface area contributed by atoms with Crippen molar-refractivity contribution in [3.8, 4) is 0 Å². The molecular formula is C76H61N27. The van der Waals surface area contributed by atoms with Gasteiger partial charge in [0.15, 0.2) is 17.1 Å². The highest BCUT2D eigenvalue weighted by atomic mass is 15.3. The third-order valence-electron chi connectivity index (χ3n) is 14.3. The first-order chi connectivity index (χ1) is 51.1. The highest BCUT2D eigenvalue weighted by Gasteiger charge is 2.06. The number of imidazole rings is 4. The van der Waals surface area contributed by atoms with Gasteiger partial charge in [0, 0.05) is 195 Å². The maximum atomic E-state index is 4.18. The van der Waals surface area contributed by atoms with E-state index in [-0.39, 0.29) is 0 Å². The minimum atomic E-state index is 0.637. The third-order valence-corrected chi connectivity index (χ3v) is 14.3. The molecule has 0 spiro atoms. The molecule has 500 valence electrons. The highest BCUT2D eigenvalue weighted by molar-refractivity contribution is 5.82. The van der Waals surface area contributed by atoms with E-state index < -0.39 is 0 Å². The molecule has 22 rings (SSSR count). The van der Waals surface area contributed by atoms with Gasteiger partial charge < -0.3 is 4.40 Å². The summed E-state index contributed by atoms with van der Waals surface area (Å²) in [7, 11) is 0. The molecule has 21 aromatic rings. The van der Waals surface area contributed by atoms with Gasteiger partial charge in [-0.3, -0.25) is 38.7 Å². The van der Waals surface area contributed by atoms with Crippen LogP contribution in [-0.2, 0) is 6.42 Å². The van der Waals surface area contributed by atoms with Gasteiger partial charge in [-0.15, -0.1) is 0 Å². The van der Waals surface area contributed by atoms with Crippen molar-refractivity contribution in [2.45, 2.75) is 6.42 Å². The minimum absolute atomic E-state index is 0.637. The summed E-state index contributed by atoms with van der Waals surface area (Å²) >= 11 is 0. The van der Waals surface area contributed by atoms with Crippen molar-refractivity contribution in [2.24, 2.45) is 4.99 Å². The molecule has 0 aliphatic carbocycles. The van der Waals surface area contributed by atoms with E-state index in [1.807, 2.05) is 232 Å². The zero-order chi connectivity index (χ0) is 70.0. The van der Waals surface area contributed by atoms with Gasteiger partial charge in [-0.2, -0.15) is 15.3 Å². The molecule has 1 aliphatic heterocycles. The molecule has 0 radical (unpaired) electrons. The first kappa shape index (κ1) is 67.8. The molecule has 19 heterocycles. The molecule has 0 bridgehead atoms. The van der Waals surface area contributed by atoms with Crippen molar-refractivity contribution in [1.29, 1.82) is 0 Å². The topological polar surface area (TPSA) is 297 Å². The summed E-state index contributed by atoms with van der Waals surface area (Å²) in [5, 5.41) is 19.0. The second kappa shape index (κ2) is 36.8. The summed E-state index contributed by atoms with van der Waals surface area (Å²) in [6.07, 6.45) is 60.8. The number of hydrogen-bond acceptors (Lipinski definition) is 21. The third kappa shape index (κ3) is 20.2. The van der Waals surface area contributed by atoms with E-state index in [1.165, 1.54) is 16.2 Å². The average Bonchev–Trinajstić information content (AvgIpc) is 1.64. The van der Waals surface area contributed by atoms with Gasteiger partial charge in [0.25, 0.3) is 5.78 Å². The Morgan fingerprint density at radius 3 is 1.59 bits per heavy atom. The van der Waals surface area contributed by atoms with Gasteiger partial charge in [-0.25, -0.2) is 73.4 Å². The van der Waals surface area contributed by atoms with E-state index in [0.29, 0.717) is 5.78 Å². The fourth-order valence-corrected chi connectivity index (χ4v) is 9.34. The summed E-state index contributed by atoms with van der Waals surface area (Å²) in [6, 6.07) is 49.6. The number of benzene rings is 3. The van der Waals surface area contributed by atoms with Crippen LogP contribution in [0.4, 0.5) is 5.82 Å². The van der Waals surface area contributed by atoms with Crippen LogP contribution in [0.25, 0.3) is 77.4 Å². The zero-order valence-electron chi connectivity index (χ0n) is 54.8. The van der Waals surface area contributed by atoms with Crippen molar-refractivity contribution in [1.82, 2.24) is 127 Å². The maximum absolute atomic E-state index is 4.18. The molecule has 0 saturated carbocycles. The minimum Gasteiger partial charge on any atom is -0.304 e. The Morgan fingerprint density at radius 1 is 0.262 bits per heavy atom. The van der Waals surface area contributed by atoms with Crippen LogP contribution in [0.1, 0.15) is 5.69 Å². The molecule has 27 heteroatoms. The lowest BCUT2D eigenvalue weighted by Gasteiger charge is -1.91. The quantitative estimate of drug-likeness (QED) is 0.136. The summed E-state index contributed by atoms with van der Waals surface area (Å²) in [5.41, 5.74) is 6.89. The molecule has 103 heavy (non-hydrogen) atoms. The van der Waals surface area contributed by atoms with Crippen molar-refractivity contribution in [3.05, 3.63) is 362 Å². The molecule has 0 saturated heterocycles. The molecule has 3 aromatic carbocycles. The lowest BCUT2D eigenvalue weighted by atomic mass is 10.2. The average molecular weight is 1350 g/mol. The predicted octanol–water partition coefficient (Wildman–Crippen LogP) is 12.8. The summed E-state index contributed by atoms with van der Waals surface area (Å²) in [4.78, 5) is 71.9. The number of hydrogen-bond donors (Lipinski definition) is 0. The Morgan fingerprint density at radius 2 is 0.835 bits per heavy atom. The zero-order valence-corrected chi connectivity index (χ0v) is 54.8. The number of aromatic nitrogens is 26. The summed E-state index contributed by atoms with van der Waals surface area (Å²) < 4.78 is 10.8. The number of aliphatic imine (C=N–C) groups is 1. The lowest BCUT2D eigenvalue weighted by Crippen LogP contribution is -1.89. The van der Waals surface area contributed by atoms with E-state index in [1.54, 1.807) is 133 Å². The van der Waals surface area contributed by atoms with Crippen LogP contribution >= 0.6 is 0 Å². The molecule has 0 N–H and O–H groups in total. The van der Waals surface area contributed by atoms with Crippen molar-refractivity contribution in [3.63, 3.8) is 0 Å². The smallest absolute Gasteiger partial charge is 0.250 e. The first-order valence-corrected chi connectivity index (χ1v) is 31.8. The van der Waals surface area contributed by atoms with E-state index in [2.05, 4.69) is 129 Å². The molecule has 0 fully saturated rings. The molecular weight excluding hydrogens is 1290 g/mol. The van der Waals surface area contributed by atoms with Gasteiger partial charge in [0.1, 0.15) is 18.3 Å². The lowest BCUT2D eigenvalue weighted by molar-refractivity contribution is 0.902. The van der Waals surface area contributed by atoms with E-state index in [9.17, 15) is 0 Å². The van der Waals surface area contributed by atoms with Crippen LogP contribution in [0.2, 0.25) is 0 Å². The van der Waals surface area contributed by atoms with Gasteiger partial charge in [-0.05, 0) is 89.6 Å². The van der Waals surface area contributed by atoms with Crippen LogP contribution < -0.4 is 0 Å². The van der Waals surface area contributed by atoms with Crippen LogP contribution in [0.3, 0.4) is 0 Å². The van der Waals surface area contributed by atoms with Crippen molar-refractivity contribution < 1.29 is 0 Å². The Kier molecular flexibility index (Phi) is 24.2.